The third-order valence-corrected chi connectivity index (χ3v) is 3.87. The Balaban J connectivity index is 1.78. The van der Waals surface area contributed by atoms with Gasteiger partial charge in [0.25, 0.3) is 0 Å². The van der Waals surface area contributed by atoms with E-state index in [0.29, 0.717) is 6.04 Å². The topological polar surface area (TPSA) is 12.0 Å². The molecule has 1 N–H and O–H groups in total. The average Bonchev–Trinajstić information content (AvgIpc) is 2.82. The predicted molar refractivity (Wildman–Crippen MR) is 77.1 cm³/mol. The van der Waals surface area contributed by atoms with Gasteiger partial charge >= 0.3 is 0 Å². The van der Waals surface area contributed by atoms with Crippen molar-refractivity contribution < 1.29 is 0 Å². The zero-order valence-electron chi connectivity index (χ0n) is 10.4. The molecule has 1 aliphatic rings. The lowest BCUT2D eigenvalue weighted by atomic mass is 10.1. The Kier molecular flexibility index (Phi) is 4.81. The number of nitrogens with one attached hydrogen (secondary N) is 1. The van der Waals surface area contributed by atoms with Gasteiger partial charge in [0.15, 0.2) is 0 Å². The summed E-state index contributed by atoms with van der Waals surface area (Å²) < 4.78 is 1.15. The summed E-state index contributed by atoms with van der Waals surface area (Å²) >= 11 is 3.52. The first kappa shape index (κ1) is 12.8. The van der Waals surface area contributed by atoms with E-state index >= 15 is 0 Å². The Morgan fingerprint density at radius 1 is 1.41 bits per heavy atom. The van der Waals surface area contributed by atoms with Crippen molar-refractivity contribution in [2.75, 3.05) is 6.54 Å². The zero-order chi connectivity index (χ0) is 12.1. The number of allylic oxidation sites excluding steroid dienone is 1. The van der Waals surface area contributed by atoms with E-state index in [-0.39, 0.29) is 0 Å². The van der Waals surface area contributed by atoms with Crippen LogP contribution in [0, 0.1) is 0 Å². The van der Waals surface area contributed by atoms with Gasteiger partial charge in [0.1, 0.15) is 0 Å². The molecular formula is C15H20BrN. The second-order valence-electron chi connectivity index (χ2n) is 4.74. The van der Waals surface area contributed by atoms with Crippen molar-refractivity contribution in [2.24, 2.45) is 0 Å². The third kappa shape index (κ3) is 3.97. The Labute approximate surface area is 112 Å². The lowest BCUT2D eigenvalue weighted by Crippen LogP contribution is -2.20. The van der Waals surface area contributed by atoms with E-state index in [1.165, 1.54) is 31.2 Å². The Hall–Kier alpha value is -0.600. The van der Waals surface area contributed by atoms with Crippen molar-refractivity contribution in [3.63, 3.8) is 0 Å². The summed E-state index contributed by atoms with van der Waals surface area (Å²) in [5.41, 5.74) is 2.98. The van der Waals surface area contributed by atoms with Crippen LogP contribution in [-0.2, 0) is 0 Å². The lowest BCUT2D eigenvalue weighted by Gasteiger charge is -2.14. The Morgan fingerprint density at radius 3 is 3.00 bits per heavy atom. The highest BCUT2D eigenvalue weighted by molar-refractivity contribution is 9.10. The minimum absolute atomic E-state index is 0.425. The van der Waals surface area contributed by atoms with Gasteiger partial charge in [0.05, 0.1) is 0 Å². The molecule has 0 heterocycles. The van der Waals surface area contributed by atoms with Crippen LogP contribution in [0.25, 0.3) is 0 Å². The van der Waals surface area contributed by atoms with Crippen molar-refractivity contribution in [2.45, 2.75) is 38.6 Å². The summed E-state index contributed by atoms with van der Waals surface area (Å²) in [7, 11) is 0. The zero-order valence-corrected chi connectivity index (χ0v) is 12.0. The summed E-state index contributed by atoms with van der Waals surface area (Å²) in [5.74, 6) is 0. The number of hydrogen-bond donors (Lipinski definition) is 1. The maximum atomic E-state index is 3.59. The molecule has 0 saturated heterocycles. The summed E-state index contributed by atoms with van der Waals surface area (Å²) in [5, 5.41) is 3.59. The quantitative estimate of drug-likeness (QED) is 0.783. The molecule has 17 heavy (non-hydrogen) atoms. The molecule has 1 aliphatic carbocycles. The van der Waals surface area contributed by atoms with E-state index in [9.17, 15) is 0 Å². The number of rotatable bonds is 5. The monoisotopic (exact) mass is 293 g/mol. The maximum Gasteiger partial charge on any atom is 0.0292 e. The molecule has 1 aromatic carbocycles. The van der Waals surface area contributed by atoms with Gasteiger partial charge in [0, 0.05) is 10.5 Å². The molecule has 0 radical (unpaired) electrons. The molecule has 0 aliphatic heterocycles. The minimum Gasteiger partial charge on any atom is -0.310 e. The van der Waals surface area contributed by atoms with Gasteiger partial charge in [-0.25, -0.2) is 0 Å². The van der Waals surface area contributed by atoms with E-state index in [1.807, 2.05) is 0 Å². The highest BCUT2D eigenvalue weighted by Gasteiger charge is 2.07. The summed E-state index contributed by atoms with van der Waals surface area (Å²) in [4.78, 5) is 0. The van der Waals surface area contributed by atoms with Crippen molar-refractivity contribution in [3.05, 3.63) is 46.0 Å². The van der Waals surface area contributed by atoms with E-state index < -0.39 is 0 Å². The molecule has 0 aromatic heterocycles. The Bertz CT molecular complexity index is 398. The van der Waals surface area contributed by atoms with E-state index in [4.69, 9.17) is 0 Å². The molecular weight excluding hydrogens is 274 g/mol. The van der Waals surface area contributed by atoms with Crippen LogP contribution >= 0.6 is 15.9 Å². The molecule has 1 unspecified atom stereocenters. The fourth-order valence-corrected chi connectivity index (χ4v) is 2.72. The van der Waals surface area contributed by atoms with Gasteiger partial charge < -0.3 is 5.32 Å². The number of hydrogen-bond acceptors (Lipinski definition) is 1. The van der Waals surface area contributed by atoms with Gasteiger partial charge in [-0.1, -0.05) is 39.7 Å². The molecule has 0 saturated carbocycles. The van der Waals surface area contributed by atoms with Gasteiger partial charge in [-0.2, -0.15) is 0 Å². The van der Waals surface area contributed by atoms with Crippen molar-refractivity contribution >= 4 is 15.9 Å². The van der Waals surface area contributed by atoms with Crippen LogP contribution in [0.5, 0.6) is 0 Å². The highest BCUT2D eigenvalue weighted by atomic mass is 79.9. The van der Waals surface area contributed by atoms with Crippen LogP contribution in [0.4, 0.5) is 0 Å². The normalized spacial score (nSPS) is 16.9. The van der Waals surface area contributed by atoms with E-state index in [1.54, 1.807) is 5.57 Å². The molecule has 2 rings (SSSR count). The molecule has 0 fully saturated rings. The molecule has 1 atom stereocenters. The average molecular weight is 294 g/mol. The fraction of sp³-hybridized carbons (Fsp3) is 0.467. The van der Waals surface area contributed by atoms with E-state index in [0.717, 1.165) is 11.0 Å². The summed E-state index contributed by atoms with van der Waals surface area (Å²) in [6, 6.07) is 8.95. The first-order chi connectivity index (χ1) is 8.25. The lowest BCUT2D eigenvalue weighted by molar-refractivity contribution is 0.573. The Morgan fingerprint density at radius 2 is 2.29 bits per heavy atom. The minimum atomic E-state index is 0.425. The highest BCUT2D eigenvalue weighted by Crippen LogP contribution is 2.21. The van der Waals surface area contributed by atoms with Crippen LogP contribution in [-0.4, -0.2) is 6.54 Å². The molecule has 0 bridgehead atoms. The standard InChI is InChI=1S/C15H20BrN/c1-12(14-7-4-8-15(16)11-14)17-10-9-13-5-2-3-6-13/h4-5,7-8,11-12,17H,2-3,6,9-10H2,1H3. The van der Waals surface area contributed by atoms with Crippen LogP contribution in [0.2, 0.25) is 0 Å². The summed E-state index contributed by atoms with van der Waals surface area (Å²) in [6.45, 7) is 3.31. The van der Waals surface area contributed by atoms with E-state index in [2.05, 4.69) is 58.5 Å². The fourth-order valence-electron chi connectivity index (χ4n) is 2.31. The molecule has 1 aromatic rings. The largest absolute Gasteiger partial charge is 0.310 e. The second-order valence-corrected chi connectivity index (χ2v) is 5.65. The predicted octanol–water partition coefficient (Wildman–Crippen LogP) is 4.60. The first-order valence-corrected chi connectivity index (χ1v) is 7.22. The number of benzene rings is 1. The summed E-state index contributed by atoms with van der Waals surface area (Å²) in [6.07, 6.45) is 7.57. The van der Waals surface area contributed by atoms with Crippen LogP contribution in [0.3, 0.4) is 0 Å². The van der Waals surface area contributed by atoms with Crippen LogP contribution < -0.4 is 5.32 Å². The molecule has 2 heteroatoms. The van der Waals surface area contributed by atoms with Crippen molar-refractivity contribution in [1.29, 1.82) is 0 Å². The molecule has 0 amide bonds. The molecule has 92 valence electrons. The van der Waals surface area contributed by atoms with Crippen LogP contribution in [0.15, 0.2) is 40.4 Å². The van der Waals surface area contributed by atoms with Gasteiger partial charge in [-0.15, -0.1) is 0 Å². The van der Waals surface area contributed by atoms with Gasteiger partial charge in [0.2, 0.25) is 0 Å². The van der Waals surface area contributed by atoms with Crippen molar-refractivity contribution in [3.8, 4) is 0 Å². The number of halogens is 1. The van der Waals surface area contributed by atoms with Gasteiger partial charge in [-0.3, -0.25) is 0 Å². The second kappa shape index (κ2) is 6.36. The molecule has 0 spiro atoms. The van der Waals surface area contributed by atoms with Crippen molar-refractivity contribution in [1.82, 2.24) is 5.32 Å². The third-order valence-electron chi connectivity index (χ3n) is 3.38. The maximum absolute atomic E-state index is 3.59. The van der Waals surface area contributed by atoms with Crippen LogP contribution in [0.1, 0.15) is 44.2 Å². The molecule has 1 nitrogen and oxygen atoms in total. The smallest absolute Gasteiger partial charge is 0.0292 e. The SMILES string of the molecule is CC(NCCC1=CCCC1)c1cccc(Br)c1. The first-order valence-electron chi connectivity index (χ1n) is 6.42. The van der Waals surface area contributed by atoms with Gasteiger partial charge in [-0.05, 0) is 56.8 Å².